The largest absolute Gasteiger partial charge is 0.329 e. The van der Waals surface area contributed by atoms with Gasteiger partial charge in [-0.2, -0.15) is 0 Å². The van der Waals surface area contributed by atoms with Crippen molar-refractivity contribution in [2.45, 2.75) is 23.0 Å². The first-order valence-electron chi connectivity index (χ1n) is 4.68. The Kier molecular flexibility index (Phi) is 7.88. The Balaban J connectivity index is 3.25. The molecule has 4 heteroatoms. The molecule has 0 aliphatic heterocycles. The van der Waals surface area contributed by atoms with Gasteiger partial charge in [-0.25, -0.2) is 0 Å². The zero-order valence-corrected chi connectivity index (χ0v) is 12.0. The molecule has 0 aromatic heterocycles. The van der Waals surface area contributed by atoms with Crippen LogP contribution < -0.4 is 0 Å². The molecule has 0 heterocycles. The van der Waals surface area contributed by atoms with Crippen molar-refractivity contribution in [3.8, 4) is 0 Å². The Morgan fingerprint density at radius 2 is 2.00 bits per heavy atom. The van der Waals surface area contributed by atoms with Crippen molar-refractivity contribution in [2.24, 2.45) is 0 Å². The molecule has 0 bridgehead atoms. The van der Waals surface area contributed by atoms with Gasteiger partial charge >= 0.3 is 0 Å². The van der Waals surface area contributed by atoms with Gasteiger partial charge in [0.05, 0.1) is 24.4 Å². The highest BCUT2D eigenvalue weighted by molar-refractivity contribution is 14.1. The maximum atomic E-state index is 5.52. The molecule has 0 amide bonds. The van der Waals surface area contributed by atoms with Crippen molar-refractivity contribution in [3.63, 3.8) is 0 Å². The molecule has 1 atom stereocenters. The summed E-state index contributed by atoms with van der Waals surface area (Å²) in [7, 11) is 6.55. The first-order valence-corrected chi connectivity index (χ1v) is 6.73. The van der Waals surface area contributed by atoms with Crippen LogP contribution in [-0.2, 0) is 4.18 Å². The van der Waals surface area contributed by atoms with E-state index in [-0.39, 0.29) is 0 Å². The molecule has 0 radical (unpaired) electrons. The Bertz CT molecular complexity index is 127. The Morgan fingerprint density at radius 3 is 2.46 bits per heavy atom. The second-order valence-electron chi connectivity index (χ2n) is 4.13. The minimum absolute atomic E-state index is 0.607. The molecule has 2 nitrogen and oxygen atoms in total. The summed E-state index contributed by atoms with van der Waals surface area (Å²) in [5.41, 5.74) is 0. The summed E-state index contributed by atoms with van der Waals surface area (Å²) in [5, 5.41) is 0. The molecule has 0 aliphatic rings. The van der Waals surface area contributed by atoms with Gasteiger partial charge in [0.2, 0.25) is 0 Å². The number of quaternary nitrogens is 1. The van der Waals surface area contributed by atoms with E-state index in [1.807, 2.05) is 0 Å². The van der Waals surface area contributed by atoms with E-state index in [1.165, 1.54) is 12.8 Å². The van der Waals surface area contributed by atoms with Crippen LogP contribution in [0.3, 0.4) is 0 Å². The van der Waals surface area contributed by atoms with Gasteiger partial charge in [0, 0.05) is 12.0 Å². The molecule has 0 aromatic carbocycles. The number of likely N-dealkylation sites (N-methyl/N-ethyl adjacent to an activating group) is 1. The predicted octanol–water partition coefficient (Wildman–Crippen LogP) is 2.92. The zero-order valence-electron chi connectivity index (χ0n) is 9.05. The molecule has 0 N–H and O–H groups in total. The highest BCUT2D eigenvalue weighted by Crippen LogP contribution is 2.23. The fraction of sp³-hybridized carbons (Fsp3) is 1.00. The molecular weight excluding hydrogens is 297 g/mol. The minimum atomic E-state index is 0.607. The molecule has 0 aliphatic carbocycles. The molecule has 0 aromatic rings. The zero-order chi connectivity index (χ0) is 10.3. The minimum Gasteiger partial charge on any atom is -0.329 e. The van der Waals surface area contributed by atoms with Crippen molar-refractivity contribution in [3.05, 3.63) is 0 Å². The van der Waals surface area contributed by atoms with E-state index in [1.54, 1.807) is 12.0 Å². The number of halogens is 1. The summed E-state index contributed by atoms with van der Waals surface area (Å²) < 4.78 is 7.10. The molecular formula is C9H21INOS+. The molecule has 13 heavy (non-hydrogen) atoms. The Morgan fingerprint density at radius 1 is 1.38 bits per heavy atom. The van der Waals surface area contributed by atoms with Crippen LogP contribution in [-0.4, -0.2) is 42.0 Å². The van der Waals surface area contributed by atoms with E-state index in [2.05, 4.69) is 50.7 Å². The summed E-state index contributed by atoms with van der Waals surface area (Å²) in [6.07, 6.45) is 2.47. The van der Waals surface area contributed by atoms with Crippen molar-refractivity contribution in [1.29, 1.82) is 0 Å². The van der Waals surface area contributed by atoms with Crippen LogP contribution in [0, 0.1) is 0 Å². The molecule has 0 saturated heterocycles. The highest BCUT2D eigenvalue weighted by Gasteiger charge is 2.08. The number of rotatable bonds is 7. The summed E-state index contributed by atoms with van der Waals surface area (Å²) in [5.74, 6) is 0. The highest BCUT2D eigenvalue weighted by atomic mass is 127. The number of hydrogen-bond donors (Lipinski definition) is 0. The normalized spacial score (nSPS) is 14.5. The molecule has 1 unspecified atom stereocenters. The van der Waals surface area contributed by atoms with E-state index in [9.17, 15) is 0 Å². The third-order valence-corrected chi connectivity index (χ3v) is 3.53. The van der Waals surface area contributed by atoms with E-state index in [4.69, 9.17) is 4.18 Å². The Hall–Kier alpha value is 1.00. The SMILES string of the molecule is CCCC(I)SOCC[N+](C)(C)C. The fourth-order valence-electron chi connectivity index (χ4n) is 0.708. The molecule has 0 spiro atoms. The molecule has 0 saturated carbocycles. The van der Waals surface area contributed by atoms with Gasteiger partial charge in [0.25, 0.3) is 0 Å². The predicted molar refractivity (Wildman–Crippen MR) is 69.2 cm³/mol. The third kappa shape index (κ3) is 10.9. The lowest BCUT2D eigenvalue weighted by Crippen LogP contribution is -2.37. The van der Waals surface area contributed by atoms with E-state index >= 15 is 0 Å². The Labute approximate surface area is 100 Å². The van der Waals surface area contributed by atoms with Crippen molar-refractivity contribution in [1.82, 2.24) is 0 Å². The second kappa shape index (κ2) is 7.31. The van der Waals surface area contributed by atoms with Crippen molar-refractivity contribution >= 4 is 34.6 Å². The van der Waals surface area contributed by atoms with Crippen LogP contribution in [0.25, 0.3) is 0 Å². The van der Waals surface area contributed by atoms with Gasteiger partial charge < -0.3 is 8.67 Å². The van der Waals surface area contributed by atoms with E-state index in [0.717, 1.165) is 17.6 Å². The van der Waals surface area contributed by atoms with Gasteiger partial charge in [0.1, 0.15) is 13.2 Å². The average molecular weight is 318 g/mol. The fourth-order valence-corrected chi connectivity index (χ4v) is 2.42. The van der Waals surface area contributed by atoms with E-state index in [0.29, 0.717) is 3.26 Å². The topological polar surface area (TPSA) is 9.23 Å². The third-order valence-electron chi connectivity index (χ3n) is 1.53. The lowest BCUT2D eigenvalue weighted by Gasteiger charge is -2.23. The summed E-state index contributed by atoms with van der Waals surface area (Å²) in [6, 6.07) is 0. The van der Waals surface area contributed by atoms with Crippen LogP contribution in [0.1, 0.15) is 19.8 Å². The summed E-state index contributed by atoms with van der Waals surface area (Å²) >= 11 is 4.05. The van der Waals surface area contributed by atoms with Crippen molar-refractivity contribution < 1.29 is 8.67 Å². The van der Waals surface area contributed by atoms with Gasteiger partial charge in [-0.3, -0.25) is 0 Å². The van der Waals surface area contributed by atoms with Crippen molar-refractivity contribution in [2.75, 3.05) is 34.3 Å². The van der Waals surface area contributed by atoms with Crippen LogP contribution in [0.15, 0.2) is 0 Å². The monoisotopic (exact) mass is 318 g/mol. The van der Waals surface area contributed by atoms with Gasteiger partial charge in [-0.05, 0) is 6.42 Å². The van der Waals surface area contributed by atoms with Gasteiger partial charge in [0.15, 0.2) is 0 Å². The lowest BCUT2D eigenvalue weighted by molar-refractivity contribution is -0.870. The summed E-state index contributed by atoms with van der Waals surface area (Å²) in [4.78, 5) is 0. The smallest absolute Gasteiger partial charge is 0.110 e. The molecule has 80 valence electrons. The van der Waals surface area contributed by atoms with E-state index < -0.39 is 0 Å². The maximum Gasteiger partial charge on any atom is 0.110 e. The standard InChI is InChI=1S/C9H21INOS/c1-5-6-9(10)13-12-8-7-11(2,3)4/h9H,5-8H2,1-4H3/q+1. The van der Waals surface area contributed by atoms with Crippen LogP contribution in [0.5, 0.6) is 0 Å². The first-order chi connectivity index (χ1) is 5.95. The second-order valence-corrected chi connectivity index (χ2v) is 7.48. The lowest BCUT2D eigenvalue weighted by atomic mass is 10.4. The number of alkyl halides is 1. The molecule has 0 rings (SSSR count). The number of hydrogen-bond acceptors (Lipinski definition) is 2. The average Bonchev–Trinajstić information content (AvgIpc) is 1.97. The van der Waals surface area contributed by atoms with Gasteiger partial charge in [-0.15, -0.1) is 0 Å². The maximum absolute atomic E-state index is 5.52. The number of nitrogens with zero attached hydrogens (tertiary/aromatic N) is 1. The van der Waals surface area contributed by atoms with Gasteiger partial charge in [-0.1, -0.05) is 35.9 Å². The van der Waals surface area contributed by atoms with Crippen LogP contribution >= 0.6 is 34.6 Å². The quantitative estimate of drug-likeness (QED) is 0.235. The first kappa shape index (κ1) is 14.0. The molecule has 0 fully saturated rings. The van der Waals surface area contributed by atoms with Crippen LogP contribution in [0.4, 0.5) is 0 Å². The summed E-state index contributed by atoms with van der Waals surface area (Å²) in [6.45, 7) is 4.12. The van der Waals surface area contributed by atoms with Crippen LogP contribution in [0.2, 0.25) is 0 Å².